The van der Waals surface area contributed by atoms with Crippen molar-refractivity contribution < 1.29 is 4.79 Å². The Morgan fingerprint density at radius 2 is 1.95 bits per heavy atom. The summed E-state index contributed by atoms with van der Waals surface area (Å²) in [5, 5.41) is 4.91. The summed E-state index contributed by atoms with van der Waals surface area (Å²) in [6.45, 7) is 1.70. The highest BCUT2D eigenvalue weighted by Crippen LogP contribution is 2.32. The first-order chi connectivity index (χ1) is 10.0. The Morgan fingerprint density at radius 3 is 2.62 bits per heavy atom. The lowest BCUT2D eigenvalue weighted by atomic mass is 10.1. The van der Waals surface area contributed by atoms with E-state index in [1.807, 2.05) is 0 Å². The molecular formula is C14H10Cl3N3O. The van der Waals surface area contributed by atoms with Gasteiger partial charge in [0.2, 0.25) is 0 Å². The zero-order valence-electron chi connectivity index (χ0n) is 10.9. The van der Waals surface area contributed by atoms with E-state index in [0.29, 0.717) is 26.9 Å². The lowest BCUT2D eigenvalue weighted by Gasteiger charge is -2.07. The molecule has 1 aromatic carbocycles. The average Bonchev–Trinajstić information content (AvgIpc) is 2.51. The molecule has 0 unspecified atom stereocenters. The lowest BCUT2D eigenvalue weighted by Crippen LogP contribution is -2.19. The van der Waals surface area contributed by atoms with Crippen molar-refractivity contribution in [2.75, 3.05) is 0 Å². The lowest BCUT2D eigenvalue weighted by molar-refractivity contribution is 0.0954. The third-order valence-electron chi connectivity index (χ3n) is 2.67. The molecule has 0 aliphatic carbocycles. The highest BCUT2D eigenvalue weighted by atomic mass is 35.5. The summed E-state index contributed by atoms with van der Waals surface area (Å²) in [7, 11) is 0. The van der Waals surface area contributed by atoms with Crippen LogP contribution in [-0.2, 0) is 0 Å². The van der Waals surface area contributed by atoms with E-state index in [0.717, 1.165) is 0 Å². The molecule has 0 atom stereocenters. The highest BCUT2D eigenvalue weighted by molar-refractivity contribution is 6.49. The van der Waals surface area contributed by atoms with Crippen molar-refractivity contribution >= 4 is 46.4 Å². The second-order valence-corrected chi connectivity index (χ2v) is 5.27. The standard InChI is InChI=1S/C14H10Cl3N3O/c1-8(10-4-5-11(15)13(17)12(10)16)19-20-14(21)9-3-2-6-18-7-9/h2-7H,1H3,(H,20,21). The molecule has 7 heteroatoms. The Labute approximate surface area is 136 Å². The Morgan fingerprint density at radius 1 is 1.19 bits per heavy atom. The first-order valence-corrected chi connectivity index (χ1v) is 7.02. The van der Waals surface area contributed by atoms with Crippen LogP contribution in [0.1, 0.15) is 22.8 Å². The molecule has 1 heterocycles. The molecule has 4 nitrogen and oxygen atoms in total. The SMILES string of the molecule is CC(=NNC(=O)c1cccnc1)c1ccc(Cl)c(Cl)c1Cl. The van der Waals surface area contributed by atoms with Gasteiger partial charge in [0, 0.05) is 18.0 Å². The maximum absolute atomic E-state index is 11.8. The predicted octanol–water partition coefficient (Wildman–Crippen LogP) is 4.20. The minimum Gasteiger partial charge on any atom is -0.267 e. The first-order valence-electron chi connectivity index (χ1n) is 5.89. The molecule has 1 aromatic heterocycles. The number of benzene rings is 1. The largest absolute Gasteiger partial charge is 0.272 e. The summed E-state index contributed by atoms with van der Waals surface area (Å²) in [6, 6.07) is 6.61. The molecule has 2 rings (SSSR count). The summed E-state index contributed by atoms with van der Waals surface area (Å²) in [4.78, 5) is 15.7. The Kier molecular flexibility index (Phi) is 5.17. The molecule has 0 saturated carbocycles. The first kappa shape index (κ1) is 15.8. The fourth-order valence-corrected chi connectivity index (χ4v) is 2.23. The van der Waals surface area contributed by atoms with Crippen molar-refractivity contribution in [3.8, 4) is 0 Å². The summed E-state index contributed by atoms with van der Waals surface area (Å²) in [5.74, 6) is -0.362. The number of rotatable bonds is 3. The summed E-state index contributed by atoms with van der Waals surface area (Å²) < 4.78 is 0. The zero-order valence-corrected chi connectivity index (χ0v) is 13.2. The summed E-state index contributed by atoms with van der Waals surface area (Å²) in [6.07, 6.45) is 3.03. The Bertz CT molecular complexity index is 702. The third-order valence-corrected chi connectivity index (χ3v) is 3.97. The van der Waals surface area contributed by atoms with Crippen molar-refractivity contribution in [3.05, 3.63) is 62.9 Å². The summed E-state index contributed by atoms with van der Waals surface area (Å²) >= 11 is 17.9. The number of nitrogens with one attached hydrogen (secondary N) is 1. The van der Waals surface area contributed by atoms with Gasteiger partial charge in [-0.05, 0) is 25.1 Å². The van der Waals surface area contributed by atoms with E-state index < -0.39 is 0 Å². The van der Waals surface area contributed by atoms with E-state index in [-0.39, 0.29) is 10.9 Å². The van der Waals surface area contributed by atoms with Crippen LogP contribution in [0.3, 0.4) is 0 Å². The number of nitrogens with zero attached hydrogens (tertiary/aromatic N) is 2. The highest BCUT2D eigenvalue weighted by Gasteiger charge is 2.11. The Hall–Kier alpha value is -1.62. The van der Waals surface area contributed by atoms with Crippen molar-refractivity contribution in [2.45, 2.75) is 6.92 Å². The van der Waals surface area contributed by atoms with Crippen LogP contribution < -0.4 is 5.43 Å². The van der Waals surface area contributed by atoms with Crippen LogP contribution in [-0.4, -0.2) is 16.6 Å². The van der Waals surface area contributed by atoms with Gasteiger partial charge in [-0.2, -0.15) is 5.10 Å². The molecule has 108 valence electrons. The maximum atomic E-state index is 11.8. The molecule has 1 N–H and O–H groups in total. The van der Waals surface area contributed by atoms with Gasteiger partial charge in [0.25, 0.3) is 5.91 Å². The number of hydrogen-bond donors (Lipinski definition) is 1. The van der Waals surface area contributed by atoms with Crippen LogP contribution in [0.5, 0.6) is 0 Å². The number of aromatic nitrogens is 1. The van der Waals surface area contributed by atoms with E-state index in [4.69, 9.17) is 34.8 Å². The minimum atomic E-state index is -0.362. The van der Waals surface area contributed by atoms with E-state index in [9.17, 15) is 4.79 Å². The normalized spacial score (nSPS) is 11.3. The second-order valence-electron chi connectivity index (χ2n) is 4.10. The molecule has 0 aliphatic heterocycles. The quantitative estimate of drug-likeness (QED) is 0.516. The molecule has 2 aromatic rings. The average molecular weight is 343 g/mol. The number of hydrogen-bond acceptors (Lipinski definition) is 3. The Balaban J connectivity index is 2.19. The van der Waals surface area contributed by atoms with Crippen LogP contribution >= 0.6 is 34.8 Å². The third kappa shape index (κ3) is 3.73. The number of pyridine rings is 1. The van der Waals surface area contributed by atoms with E-state index >= 15 is 0 Å². The molecule has 1 amide bonds. The molecular weight excluding hydrogens is 333 g/mol. The van der Waals surface area contributed by atoms with Crippen molar-refractivity contribution in [2.24, 2.45) is 5.10 Å². The van der Waals surface area contributed by atoms with Crippen LogP contribution in [0.2, 0.25) is 15.1 Å². The number of carbonyl (C=O) groups excluding carboxylic acids is 1. The topological polar surface area (TPSA) is 54.4 Å². The van der Waals surface area contributed by atoms with Crippen LogP contribution in [0.4, 0.5) is 0 Å². The van der Waals surface area contributed by atoms with Crippen LogP contribution in [0.15, 0.2) is 41.8 Å². The second kappa shape index (κ2) is 6.89. The van der Waals surface area contributed by atoms with Gasteiger partial charge >= 0.3 is 0 Å². The molecule has 0 radical (unpaired) electrons. The van der Waals surface area contributed by atoms with Crippen molar-refractivity contribution in [1.82, 2.24) is 10.4 Å². The predicted molar refractivity (Wildman–Crippen MR) is 85.4 cm³/mol. The van der Waals surface area contributed by atoms with Gasteiger partial charge in [-0.1, -0.05) is 40.9 Å². The van der Waals surface area contributed by atoms with Gasteiger partial charge in [-0.25, -0.2) is 5.43 Å². The van der Waals surface area contributed by atoms with E-state index in [2.05, 4.69) is 15.5 Å². The number of hydrazone groups is 1. The number of amides is 1. The zero-order chi connectivity index (χ0) is 15.4. The number of carbonyl (C=O) groups is 1. The smallest absolute Gasteiger partial charge is 0.267 e. The molecule has 0 fully saturated rings. The van der Waals surface area contributed by atoms with Gasteiger partial charge < -0.3 is 0 Å². The van der Waals surface area contributed by atoms with Crippen molar-refractivity contribution in [1.29, 1.82) is 0 Å². The fraction of sp³-hybridized carbons (Fsp3) is 0.0714. The monoisotopic (exact) mass is 341 g/mol. The van der Waals surface area contributed by atoms with Gasteiger partial charge in [0.05, 0.1) is 26.3 Å². The van der Waals surface area contributed by atoms with Crippen LogP contribution in [0, 0.1) is 0 Å². The molecule has 0 aliphatic rings. The van der Waals surface area contributed by atoms with Crippen molar-refractivity contribution in [3.63, 3.8) is 0 Å². The molecule has 0 bridgehead atoms. The summed E-state index contributed by atoms with van der Waals surface area (Å²) in [5.41, 5.74) is 3.95. The fourth-order valence-electron chi connectivity index (χ4n) is 1.56. The van der Waals surface area contributed by atoms with Gasteiger partial charge in [-0.3, -0.25) is 9.78 Å². The van der Waals surface area contributed by atoms with E-state index in [1.165, 1.54) is 6.20 Å². The van der Waals surface area contributed by atoms with Gasteiger partial charge in [0.15, 0.2) is 0 Å². The van der Waals surface area contributed by atoms with Gasteiger partial charge in [0.1, 0.15) is 0 Å². The molecule has 0 spiro atoms. The molecule has 0 saturated heterocycles. The maximum Gasteiger partial charge on any atom is 0.272 e. The molecule has 21 heavy (non-hydrogen) atoms. The number of halogens is 3. The van der Waals surface area contributed by atoms with Gasteiger partial charge in [-0.15, -0.1) is 0 Å². The van der Waals surface area contributed by atoms with Crippen LogP contribution in [0.25, 0.3) is 0 Å². The van der Waals surface area contributed by atoms with E-state index in [1.54, 1.807) is 37.4 Å². The minimum absolute atomic E-state index is 0.254.